The van der Waals surface area contributed by atoms with Crippen LogP contribution in [-0.2, 0) is 0 Å². The van der Waals surface area contributed by atoms with E-state index in [2.05, 4.69) is 12.2 Å². The van der Waals surface area contributed by atoms with Crippen LogP contribution in [0.3, 0.4) is 0 Å². The van der Waals surface area contributed by atoms with E-state index in [9.17, 15) is 4.39 Å². The fourth-order valence-electron chi connectivity index (χ4n) is 2.35. The molecule has 1 atom stereocenters. The van der Waals surface area contributed by atoms with Gasteiger partial charge in [-0.2, -0.15) is 0 Å². The molecule has 0 aliphatic rings. The predicted molar refractivity (Wildman–Crippen MR) is 87.5 cm³/mol. The minimum Gasteiger partial charge on any atom is -0.493 e. The molecule has 0 heterocycles. The Morgan fingerprint density at radius 1 is 1.14 bits per heavy atom. The topological polar surface area (TPSA) is 21.3 Å². The third-order valence-electron chi connectivity index (χ3n) is 3.95. The Kier molecular flexibility index (Phi) is 8.36. The van der Waals surface area contributed by atoms with Crippen LogP contribution in [0.5, 0.6) is 5.75 Å². The zero-order valence-electron chi connectivity index (χ0n) is 14.0. The smallest absolute Gasteiger partial charge is 0.126 e. The van der Waals surface area contributed by atoms with Crippen molar-refractivity contribution in [3.05, 3.63) is 29.1 Å². The van der Waals surface area contributed by atoms with E-state index in [1.165, 1.54) is 32.1 Å². The first-order valence-corrected chi connectivity index (χ1v) is 8.20. The van der Waals surface area contributed by atoms with E-state index in [0.29, 0.717) is 12.2 Å². The highest BCUT2D eigenvalue weighted by atomic mass is 19.1. The van der Waals surface area contributed by atoms with E-state index in [1.807, 2.05) is 20.0 Å². The number of rotatable bonds is 10. The summed E-state index contributed by atoms with van der Waals surface area (Å²) in [5, 5.41) is 3.15. The number of unbranched alkanes of at least 4 members (excludes halogenated alkanes) is 5. The van der Waals surface area contributed by atoms with E-state index < -0.39 is 0 Å². The van der Waals surface area contributed by atoms with Crippen molar-refractivity contribution in [2.75, 3.05) is 13.7 Å². The van der Waals surface area contributed by atoms with Crippen molar-refractivity contribution in [2.24, 2.45) is 0 Å². The highest BCUT2D eigenvalue weighted by Crippen LogP contribution is 2.28. The quantitative estimate of drug-likeness (QED) is 0.602. The standard InChI is InChI=1S/C18H30FNO/c1-5-6-7-8-9-10-11-21-18-12-14(2)17(19)13-16(18)15(3)20-4/h12-13,15,20H,5-11H2,1-4H3. The Morgan fingerprint density at radius 2 is 1.81 bits per heavy atom. The molecule has 2 nitrogen and oxygen atoms in total. The first-order valence-electron chi connectivity index (χ1n) is 8.20. The summed E-state index contributed by atoms with van der Waals surface area (Å²) in [5.41, 5.74) is 1.53. The maximum Gasteiger partial charge on any atom is 0.126 e. The molecule has 3 heteroatoms. The van der Waals surface area contributed by atoms with Crippen LogP contribution in [0.1, 0.15) is 69.5 Å². The number of ether oxygens (including phenoxy) is 1. The number of aryl methyl sites for hydroxylation is 1. The molecule has 1 rings (SSSR count). The maximum atomic E-state index is 13.7. The van der Waals surface area contributed by atoms with Crippen molar-refractivity contribution in [3.63, 3.8) is 0 Å². The van der Waals surface area contributed by atoms with Crippen molar-refractivity contribution in [1.82, 2.24) is 5.32 Å². The third-order valence-corrected chi connectivity index (χ3v) is 3.95. The zero-order valence-corrected chi connectivity index (χ0v) is 14.0. The van der Waals surface area contributed by atoms with Crippen LogP contribution in [0, 0.1) is 12.7 Å². The number of nitrogens with one attached hydrogen (secondary N) is 1. The van der Waals surface area contributed by atoms with Gasteiger partial charge in [0, 0.05) is 11.6 Å². The minimum absolute atomic E-state index is 0.0830. The Hall–Kier alpha value is -1.09. The van der Waals surface area contributed by atoms with Gasteiger partial charge in [-0.05, 0) is 45.0 Å². The van der Waals surface area contributed by atoms with Crippen LogP contribution in [0.4, 0.5) is 4.39 Å². The lowest BCUT2D eigenvalue weighted by Crippen LogP contribution is -2.14. The molecule has 120 valence electrons. The van der Waals surface area contributed by atoms with Crippen LogP contribution in [0.2, 0.25) is 0 Å². The van der Waals surface area contributed by atoms with Gasteiger partial charge < -0.3 is 10.1 Å². The van der Waals surface area contributed by atoms with Gasteiger partial charge in [0.05, 0.1) is 6.61 Å². The molecule has 0 bridgehead atoms. The van der Waals surface area contributed by atoms with Gasteiger partial charge >= 0.3 is 0 Å². The van der Waals surface area contributed by atoms with E-state index in [0.717, 1.165) is 17.7 Å². The number of hydrogen-bond donors (Lipinski definition) is 1. The van der Waals surface area contributed by atoms with E-state index >= 15 is 0 Å². The largest absolute Gasteiger partial charge is 0.493 e. The molecule has 1 aromatic rings. The van der Waals surface area contributed by atoms with E-state index in [4.69, 9.17) is 4.74 Å². The molecule has 0 aliphatic carbocycles. The summed E-state index contributed by atoms with van der Waals surface area (Å²) in [4.78, 5) is 0. The predicted octanol–water partition coefficient (Wildman–Crippen LogP) is 5.15. The number of hydrogen-bond acceptors (Lipinski definition) is 2. The molecular weight excluding hydrogens is 265 g/mol. The van der Waals surface area contributed by atoms with Crippen molar-refractivity contribution in [3.8, 4) is 5.75 Å². The van der Waals surface area contributed by atoms with Gasteiger partial charge in [0.25, 0.3) is 0 Å². The lowest BCUT2D eigenvalue weighted by molar-refractivity contribution is 0.298. The summed E-state index contributed by atoms with van der Waals surface area (Å²) in [6.07, 6.45) is 7.46. The van der Waals surface area contributed by atoms with Gasteiger partial charge in [-0.15, -0.1) is 0 Å². The number of benzene rings is 1. The molecule has 1 N–H and O–H groups in total. The third kappa shape index (κ3) is 6.04. The fraction of sp³-hybridized carbons (Fsp3) is 0.667. The van der Waals surface area contributed by atoms with Crippen LogP contribution >= 0.6 is 0 Å². The van der Waals surface area contributed by atoms with Crippen LogP contribution < -0.4 is 10.1 Å². The summed E-state index contributed by atoms with van der Waals surface area (Å²) in [5.74, 6) is 0.642. The molecule has 0 amide bonds. The second-order valence-corrected chi connectivity index (χ2v) is 5.77. The van der Waals surface area contributed by atoms with Crippen molar-refractivity contribution >= 4 is 0 Å². The Bertz CT molecular complexity index is 420. The Balaban J connectivity index is 2.51. The lowest BCUT2D eigenvalue weighted by atomic mass is 10.0. The molecule has 0 radical (unpaired) electrons. The Labute approximate surface area is 129 Å². The molecule has 0 aliphatic heterocycles. The summed E-state index contributed by atoms with van der Waals surface area (Å²) in [6.45, 7) is 6.73. The summed E-state index contributed by atoms with van der Waals surface area (Å²) in [7, 11) is 1.87. The first-order chi connectivity index (χ1) is 10.1. The molecule has 1 unspecified atom stereocenters. The van der Waals surface area contributed by atoms with Gasteiger partial charge in [0.15, 0.2) is 0 Å². The van der Waals surface area contributed by atoms with Gasteiger partial charge in [-0.25, -0.2) is 4.39 Å². The minimum atomic E-state index is -0.168. The molecule has 0 aromatic heterocycles. The summed E-state index contributed by atoms with van der Waals surface area (Å²) >= 11 is 0. The van der Waals surface area contributed by atoms with Crippen LogP contribution in [-0.4, -0.2) is 13.7 Å². The zero-order chi connectivity index (χ0) is 15.7. The normalized spacial score (nSPS) is 12.4. The second-order valence-electron chi connectivity index (χ2n) is 5.77. The van der Waals surface area contributed by atoms with E-state index in [1.54, 1.807) is 13.0 Å². The second kappa shape index (κ2) is 9.78. The highest BCUT2D eigenvalue weighted by Gasteiger charge is 2.13. The van der Waals surface area contributed by atoms with Crippen LogP contribution in [0.15, 0.2) is 12.1 Å². The van der Waals surface area contributed by atoms with E-state index in [-0.39, 0.29) is 11.9 Å². The molecule has 21 heavy (non-hydrogen) atoms. The molecule has 0 saturated heterocycles. The highest BCUT2D eigenvalue weighted by molar-refractivity contribution is 5.40. The van der Waals surface area contributed by atoms with Gasteiger partial charge in [-0.3, -0.25) is 0 Å². The van der Waals surface area contributed by atoms with Gasteiger partial charge in [-0.1, -0.05) is 39.0 Å². The maximum absolute atomic E-state index is 13.7. The number of halogens is 1. The lowest BCUT2D eigenvalue weighted by Gasteiger charge is -2.17. The molecule has 1 aromatic carbocycles. The van der Waals surface area contributed by atoms with Crippen molar-refractivity contribution < 1.29 is 9.13 Å². The fourth-order valence-corrected chi connectivity index (χ4v) is 2.35. The summed E-state index contributed by atoms with van der Waals surface area (Å²) < 4.78 is 19.6. The summed E-state index contributed by atoms with van der Waals surface area (Å²) in [6, 6.07) is 3.49. The molecule has 0 spiro atoms. The van der Waals surface area contributed by atoms with Gasteiger partial charge in [0.1, 0.15) is 11.6 Å². The monoisotopic (exact) mass is 295 g/mol. The van der Waals surface area contributed by atoms with Crippen molar-refractivity contribution in [2.45, 2.75) is 65.3 Å². The van der Waals surface area contributed by atoms with Crippen molar-refractivity contribution in [1.29, 1.82) is 0 Å². The Morgan fingerprint density at radius 3 is 2.48 bits per heavy atom. The first kappa shape index (κ1) is 18.0. The molecule has 0 saturated carbocycles. The molecule has 0 fully saturated rings. The van der Waals surface area contributed by atoms with Gasteiger partial charge in [0.2, 0.25) is 0 Å². The SMILES string of the molecule is CCCCCCCCOc1cc(C)c(F)cc1C(C)NC. The molecular formula is C18H30FNO. The average molecular weight is 295 g/mol. The average Bonchev–Trinajstić information content (AvgIpc) is 2.48. The van der Waals surface area contributed by atoms with Crippen LogP contribution in [0.25, 0.3) is 0 Å².